The minimum atomic E-state index is -0.512. The Balaban J connectivity index is 1.87. The molecule has 1 heterocycles. The summed E-state index contributed by atoms with van der Waals surface area (Å²) in [5.41, 5.74) is -0.512. The third kappa shape index (κ3) is 9.12. The van der Waals surface area contributed by atoms with Gasteiger partial charge < -0.3 is 29.8 Å². The van der Waals surface area contributed by atoms with Crippen LogP contribution in [-0.2, 0) is 15.9 Å². The van der Waals surface area contributed by atoms with Gasteiger partial charge in [0.1, 0.15) is 11.4 Å². The fourth-order valence-electron chi connectivity index (χ4n) is 2.66. The lowest BCUT2D eigenvalue weighted by molar-refractivity contribution is 0.0500. The largest absolute Gasteiger partial charge is 0.469 e. The van der Waals surface area contributed by atoms with Gasteiger partial charge in [0, 0.05) is 26.6 Å². The Bertz CT molecular complexity index is 606. The molecule has 1 unspecified atom stereocenters. The molecule has 1 fully saturated rings. The first-order valence-electron chi connectivity index (χ1n) is 9.90. The first kappa shape index (κ1) is 22.1. The second-order valence-electron chi connectivity index (χ2n) is 7.96. The number of carbonyl (C=O) groups is 1. The SMILES string of the molecule is COCCNC(=NCC(NC(=O)OC(C)(C)C)C1CC1)NCCc1ccco1. The van der Waals surface area contributed by atoms with Crippen LogP contribution in [0, 0.1) is 5.92 Å². The molecule has 158 valence electrons. The van der Waals surface area contributed by atoms with Crippen LogP contribution in [0.5, 0.6) is 0 Å². The van der Waals surface area contributed by atoms with Gasteiger partial charge in [-0.05, 0) is 51.7 Å². The van der Waals surface area contributed by atoms with Gasteiger partial charge in [0.25, 0.3) is 0 Å². The van der Waals surface area contributed by atoms with Crippen LogP contribution in [0.4, 0.5) is 4.79 Å². The molecule has 1 amide bonds. The van der Waals surface area contributed by atoms with Gasteiger partial charge in [-0.2, -0.15) is 0 Å². The predicted molar refractivity (Wildman–Crippen MR) is 108 cm³/mol. The normalized spacial score (nSPS) is 15.8. The molecule has 8 heteroatoms. The van der Waals surface area contributed by atoms with E-state index < -0.39 is 5.60 Å². The molecule has 1 aliphatic rings. The van der Waals surface area contributed by atoms with E-state index in [0.717, 1.165) is 25.0 Å². The van der Waals surface area contributed by atoms with Gasteiger partial charge in [-0.25, -0.2) is 4.79 Å². The van der Waals surface area contributed by atoms with Crippen molar-refractivity contribution >= 4 is 12.1 Å². The second-order valence-corrected chi connectivity index (χ2v) is 7.96. The Morgan fingerprint density at radius 2 is 2.07 bits per heavy atom. The van der Waals surface area contributed by atoms with Crippen LogP contribution in [0.15, 0.2) is 27.8 Å². The number of nitrogens with zero attached hydrogens (tertiary/aromatic N) is 1. The highest BCUT2D eigenvalue weighted by molar-refractivity contribution is 5.79. The minimum absolute atomic E-state index is 0.0269. The molecule has 28 heavy (non-hydrogen) atoms. The van der Waals surface area contributed by atoms with Crippen molar-refractivity contribution in [2.75, 3.05) is 33.4 Å². The number of hydrogen-bond donors (Lipinski definition) is 3. The molecule has 0 radical (unpaired) electrons. The van der Waals surface area contributed by atoms with E-state index in [9.17, 15) is 4.79 Å². The summed E-state index contributed by atoms with van der Waals surface area (Å²) in [4.78, 5) is 16.8. The standard InChI is InChI=1S/C20H34N4O4/c1-20(2,3)28-19(25)24-17(15-7-8-15)14-23-18(22-11-13-26-4)21-10-9-16-6-5-12-27-16/h5-6,12,15,17H,7-11,13-14H2,1-4H3,(H,24,25)(H2,21,22,23). The fourth-order valence-corrected chi connectivity index (χ4v) is 2.66. The van der Waals surface area contributed by atoms with Crippen LogP contribution >= 0.6 is 0 Å². The average Bonchev–Trinajstić information content (AvgIpc) is 3.33. The van der Waals surface area contributed by atoms with Crippen LogP contribution in [-0.4, -0.2) is 57.0 Å². The second kappa shape index (κ2) is 10.9. The summed E-state index contributed by atoms with van der Waals surface area (Å²) in [6, 6.07) is 3.80. The van der Waals surface area contributed by atoms with Crippen LogP contribution in [0.25, 0.3) is 0 Å². The van der Waals surface area contributed by atoms with Crippen molar-refractivity contribution in [1.82, 2.24) is 16.0 Å². The van der Waals surface area contributed by atoms with Crippen molar-refractivity contribution in [2.24, 2.45) is 10.9 Å². The average molecular weight is 395 g/mol. The van der Waals surface area contributed by atoms with E-state index in [-0.39, 0.29) is 12.1 Å². The Labute approximate surface area is 167 Å². The zero-order chi connectivity index (χ0) is 20.4. The summed E-state index contributed by atoms with van der Waals surface area (Å²) in [5.74, 6) is 2.08. The number of amides is 1. The highest BCUT2D eigenvalue weighted by Crippen LogP contribution is 2.33. The molecule has 2 rings (SSSR count). The maximum absolute atomic E-state index is 12.1. The topological polar surface area (TPSA) is 97.1 Å². The number of carbonyl (C=O) groups excluding carboxylic acids is 1. The lowest BCUT2D eigenvalue weighted by atomic mass is 10.2. The highest BCUT2D eigenvalue weighted by Gasteiger charge is 2.33. The summed E-state index contributed by atoms with van der Waals surface area (Å²) in [5, 5.41) is 9.52. The number of aliphatic imine (C=N–C) groups is 1. The monoisotopic (exact) mass is 394 g/mol. The zero-order valence-electron chi connectivity index (χ0n) is 17.4. The minimum Gasteiger partial charge on any atom is -0.469 e. The number of rotatable bonds is 10. The third-order valence-electron chi connectivity index (χ3n) is 4.18. The zero-order valence-corrected chi connectivity index (χ0v) is 17.4. The lowest BCUT2D eigenvalue weighted by Crippen LogP contribution is -2.44. The van der Waals surface area contributed by atoms with Gasteiger partial charge in [-0.1, -0.05) is 0 Å². The Morgan fingerprint density at radius 1 is 1.32 bits per heavy atom. The third-order valence-corrected chi connectivity index (χ3v) is 4.18. The molecular formula is C20H34N4O4. The van der Waals surface area contributed by atoms with Gasteiger partial charge in [0.15, 0.2) is 5.96 Å². The van der Waals surface area contributed by atoms with E-state index >= 15 is 0 Å². The van der Waals surface area contributed by atoms with Crippen molar-refractivity contribution < 1.29 is 18.7 Å². The van der Waals surface area contributed by atoms with E-state index in [1.54, 1.807) is 13.4 Å². The van der Waals surface area contributed by atoms with Gasteiger partial charge in [0.2, 0.25) is 0 Å². The Hall–Kier alpha value is -2.22. The summed E-state index contributed by atoms with van der Waals surface area (Å²) >= 11 is 0. The van der Waals surface area contributed by atoms with Crippen LogP contribution in [0.2, 0.25) is 0 Å². The van der Waals surface area contributed by atoms with Gasteiger partial charge in [-0.3, -0.25) is 4.99 Å². The molecule has 0 bridgehead atoms. The molecule has 1 aromatic rings. The summed E-state index contributed by atoms with van der Waals surface area (Å²) in [6.45, 7) is 8.00. The Kier molecular flexibility index (Phi) is 8.63. The van der Waals surface area contributed by atoms with Crippen molar-refractivity contribution in [2.45, 2.75) is 51.7 Å². The van der Waals surface area contributed by atoms with Crippen molar-refractivity contribution in [1.29, 1.82) is 0 Å². The molecule has 3 N–H and O–H groups in total. The summed E-state index contributed by atoms with van der Waals surface area (Å²) < 4.78 is 15.8. The number of furan rings is 1. The smallest absolute Gasteiger partial charge is 0.407 e. The quantitative estimate of drug-likeness (QED) is 0.320. The van der Waals surface area contributed by atoms with Crippen molar-refractivity contribution in [3.8, 4) is 0 Å². The van der Waals surface area contributed by atoms with Gasteiger partial charge >= 0.3 is 6.09 Å². The molecule has 0 spiro atoms. The first-order chi connectivity index (χ1) is 13.4. The molecule has 1 atom stereocenters. The van der Waals surface area contributed by atoms with Crippen molar-refractivity contribution in [3.63, 3.8) is 0 Å². The molecule has 0 aliphatic heterocycles. The lowest BCUT2D eigenvalue weighted by Gasteiger charge is -2.23. The molecule has 8 nitrogen and oxygen atoms in total. The maximum atomic E-state index is 12.1. The molecular weight excluding hydrogens is 360 g/mol. The number of alkyl carbamates (subject to hydrolysis) is 1. The molecule has 1 aromatic heterocycles. The van der Waals surface area contributed by atoms with Crippen molar-refractivity contribution in [3.05, 3.63) is 24.2 Å². The number of nitrogens with one attached hydrogen (secondary N) is 3. The summed E-state index contributed by atoms with van der Waals surface area (Å²) in [7, 11) is 1.66. The van der Waals surface area contributed by atoms with E-state index in [2.05, 4.69) is 20.9 Å². The number of hydrogen-bond acceptors (Lipinski definition) is 5. The first-order valence-corrected chi connectivity index (χ1v) is 9.90. The van der Waals surface area contributed by atoms with Crippen LogP contribution < -0.4 is 16.0 Å². The number of ether oxygens (including phenoxy) is 2. The van der Waals surface area contributed by atoms with E-state index in [0.29, 0.717) is 38.1 Å². The maximum Gasteiger partial charge on any atom is 0.407 e. The van der Waals surface area contributed by atoms with Gasteiger partial charge in [0.05, 0.1) is 25.5 Å². The number of methoxy groups -OCH3 is 1. The molecule has 0 aromatic carbocycles. The van der Waals surface area contributed by atoms with Crippen LogP contribution in [0.1, 0.15) is 39.4 Å². The number of guanidine groups is 1. The van der Waals surface area contributed by atoms with E-state index in [1.165, 1.54) is 0 Å². The van der Waals surface area contributed by atoms with Gasteiger partial charge in [-0.15, -0.1) is 0 Å². The fraction of sp³-hybridized carbons (Fsp3) is 0.700. The predicted octanol–water partition coefficient (Wildman–Crippen LogP) is 2.31. The van der Waals surface area contributed by atoms with Crippen LogP contribution in [0.3, 0.4) is 0 Å². The summed E-state index contributed by atoms with van der Waals surface area (Å²) in [6.07, 6.45) is 4.26. The van der Waals surface area contributed by atoms with E-state index in [4.69, 9.17) is 13.9 Å². The highest BCUT2D eigenvalue weighted by atomic mass is 16.6. The molecule has 0 saturated heterocycles. The van der Waals surface area contributed by atoms with E-state index in [1.807, 2.05) is 32.9 Å². The molecule has 1 aliphatic carbocycles. The molecule has 1 saturated carbocycles. The Morgan fingerprint density at radius 3 is 2.68 bits per heavy atom.